The lowest BCUT2D eigenvalue weighted by molar-refractivity contribution is 0.669. The third-order valence-corrected chi connectivity index (χ3v) is 13.0. The van der Waals surface area contributed by atoms with E-state index < -0.39 is 5.41 Å². The third kappa shape index (κ3) is 4.46. The Morgan fingerprint density at radius 2 is 0.898 bits per heavy atom. The fourth-order valence-electron chi connectivity index (χ4n) is 10.6. The first-order valence-electron chi connectivity index (χ1n) is 20.4. The summed E-state index contributed by atoms with van der Waals surface area (Å²) in [6.45, 7) is 0. The predicted octanol–water partition coefficient (Wildman–Crippen LogP) is 15.4. The molecule has 2 aliphatic carbocycles. The number of hydrogen-bond acceptors (Lipinski definition) is 2. The highest BCUT2D eigenvalue weighted by molar-refractivity contribution is 6.14. The van der Waals surface area contributed by atoms with Crippen molar-refractivity contribution in [2.75, 3.05) is 4.90 Å². The zero-order valence-electron chi connectivity index (χ0n) is 32.1. The van der Waals surface area contributed by atoms with Crippen molar-refractivity contribution < 1.29 is 4.42 Å². The van der Waals surface area contributed by atoms with Gasteiger partial charge in [0.25, 0.3) is 0 Å². The number of anilines is 3. The minimum atomic E-state index is -0.452. The molecule has 1 heterocycles. The van der Waals surface area contributed by atoms with Crippen LogP contribution in [0.5, 0.6) is 0 Å². The average Bonchev–Trinajstić information content (AvgIpc) is 3.93. The van der Waals surface area contributed by atoms with Gasteiger partial charge in [0.1, 0.15) is 11.2 Å². The van der Waals surface area contributed by atoms with Gasteiger partial charge in [0.15, 0.2) is 0 Å². The van der Waals surface area contributed by atoms with Crippen LogP contribution < -0.4 is 4.90 Å². The minimum Gasteiger partial charge on any atom is -0.456 e. The Labute approximate surface area is 341 Å². The number of fused-ring (bicyclic) bond motifs is 15. The summed E-state index contributed by atoms with van der Waals surface area (Å²) in [5, 5.41) is 7.09. The molecule has 0 unspecified atom stereocenters. The molecular weight excluding hydrogens is 715 g/mol. The summed E-state index contributed by atoms with van der Waals surface area (Å²) in [7, 11) is 0. The Morgan fingerprint density at radius 3 is 1.68 bits per heavy atom. The van der Waals surface area contributed by atoms with Crippen LogP contribution in [0.1, 0.15) is 22.3 Å². The van der Waals surface area contributed by atoms with E-state index in [2.05, 4.69) is 211 Å². The fraction of sp³-hybridized carbons (Fsp3) is 0.0175. The molecule has 0 radical (unpaired) electrons. The molecule has 0 saturated carbocycles. The maximum Gasteiger partial charge on any atom is 0.137 e. The van der Waals surface area contributed by atoms with E-state index in [4.69, 9.17) is 4.42 Å². The highest BCUT2D eigenvalue weighted by Crippen LogP contribution is 2.63. The highest BCUT2D eigenvalue weighted by Gasteiger charge is 2.51. The second-order valence-electron chi connectivity index (χ2n) is 16.0. The van der Waals surface area contributed by atoms with Crippen LogP contribution in [0.4, 0.5) is 17.1 Å². The summed E-state index contributed by atoms with van der Waals surface area (Å²) in [6, 6.07) is 78.2. The molecule has 0 atom stereocenters. The van der Waals surface area contributed by atoms with Gasteiger partial charge in [0.05, 0.1) is 16.5 Å². The number of rotatable bonds is 4. The van der Waals surface area contributed by atoms with Crippen LogP contribution >= 0.6 is 0 Å². The Bertz CT molecular complexity index is 3470. The topological polar surface area (TPSA) is 16.4 Å². The van der Waals surface area contributed by atoms with Crippen molar-refractivity contribution in [1.82, 2.24) is 0 Å². The molecule has 0 aliphatic heterocycles. The summed E-state index contributed by atoms with van der Waals surface area (Å²) in [6.07, 6.45) is 0. The van der Waals surface area contributed by atoms with Gasteiger partial charge in [-0.15, -0.1) is 0 Å². The van der Waals surface area contributed by atoms with E-state index >= 15 is 0 Å². The van der Waals surface area contributed by atoms with Gasteiger partial charge in [-0.3, -0.25) is 0 Å². The Hall–Kier alpha value is -7.68. The molecule has 10 aromatic carbocycles. The van der Waals surface area contributed by atoms with Gasteiger partial charge in [-0.25, -0.2) is 0 Å². The lowest BCUT2D eigenvalue weighted by Crippen LogP contribution is -2.26. The van der Waals surface area contributed by atoms with Gasteiger partial charge in [0.2, 0.25) is 0 Å². The smallest absolute Gasteiger partial charge is 0.137 e. The van der Waals surface area contributed by atoms with E-state index in [1.54, 1.807) is 0 Å². The molecule has 0 saturated heterocycles. The van der Waals surface area contributed by atoms with E-state index in [1.807, 2.05) is 6.07 Å². The van der Waals surface area contributed by atoms with Gasteiger partial charge in [-0.1, -0.05) is 164 Å². The molecule has 2 aliphatic rings. The van der Waals surface area contributed by atoms with Crippen LogP contribution in [0, 0.1) is 0 Å². The van der Waals surface area contributed by atoms with Crippen molar-refractivity contribution in [3.05, 3.63) is 235 Å². The van der Waals surface area contributed by atoms with Crippen molar-refractivity contribution in [1.29, 1.82) is 0 Å². The molecule has 2 nitrogen and oxygen atoms in total. The van der Waals surface area contributed by atoms with Crippen molar-refractivity contribution in [3.63, 3.8) is 0 Å². The van der Waals surface area contributed by atoms with Crippen LogP contribution in [0.25, 0.3) is 76.9 Å². The maximum absolute atomic E-state index is 6.53. The Morgan fingerprint density at radius 1 is 0.339 bits per heavy atom. The molecular formula is C57H35NO. The van der Waals surface area contributed by atoms with E-state index in [-0.39, 0.29) is 0 Å². The molecule has 13 rings (SSSR count). The summed E-state index contributed by atoms with van der Waals surface area (Å²) in [5.41, 5.74) is 17.5. The normalized spacial score (nSPS) is 13.2. The van der Waals surface area contributed by atoms with Gasteiger partial charge >= 0.3 is 0 Å². The van der Waals surface area contributed by atoms with Gasteiger partial charge in [-0.2, -0.15) is 0 Å². The molecule has 59 heavy (non-hydrogen) atoms. The predicted molar refractivity (Wildman–Crippen MR) is 245 cm³/mol. The van der Waals surface area contributed by atoms with Crippen molar-refractivity contribution in [2.45, 2.75) is 5.41 Å². The Kier molecular flexibility index (Phi) is 6.68. The first-order valence-corrected chi connectivity index (χ1v) is 20.4. The number of hydrogen-bond donors (Lipinski definition) is 0. The second-order valence-corrected chi connectivity index (χ2v) is 16.0. The van der Waals surface area contributed by atoms with E-state index in [1.165, 1.54) is 77.2 Å². The summed E-state index contributed by atoms with van der Waals surface area (Å²) in [4.78, 5) is 2.46. The van der Waals surface area contributed by atoms with Crippen molar-refractivity contribution in [3.8, 4) is 33.4 Å². The van der Waals surface area contributed by atoms with E-state index in [0.717, 1.165) is 39.0 Å². The summed E-state index contributed by atoms with van der Waals surface area (Å²) < 4.78 is 6.53. The molecule has 0 N–H and O–H groups in total. The van der Waals surface area contributed by atoms with Gasteiger partial charge in [-0.05, 0) is 126 Å². The zero-order chi connectivity index (χ0) is 38.7. The quantitative estimate of drug-likeness (QED) is 0.178. The average molecular weight is 750 g/mol. The maximum atomic E-state index is 6.53. The first-order chi connectivity index (χ1) is 29.3. The number of para-hydroxylation sites is 1. The standard InChI is InChI=1S/C57H35NO/c1-2-15-42-37(13-1)14-11-20-43(42)38-28-27-36-29-30-40(34-39(36)33-38)58(53-24-12-26-55-56(53)48-19-6-10-25-54(48)59-55)41-31-32-47-46-18-5-9-23-51(46)57(52(47)35-41)49-21-7-3-16-44(49)45-17-4-8-22-50(45)57/h1-35H. The van der Waals surface area contributed by atoms with E-state index in [9.17, 15) is 0 Å². The molecule has 1 spiro atoms. The lowest BCUT2D eigenvalue weighted by atomic mass is 9.70. The monoisotopic (exact) mass is 749 g/mol. The van der Waals surface area contributed by atoms with Crippen LogP contribution in [0.2, 0.25) is 0 Å². The summed E-state index contributed by atoms with van der Waals surface area (Å²) >= 11 is 0. The molecule has 2 heteroatoms. The van der Waals surface area contributed by atoms with Gasteiger partial charge in [0, 0.05) is 16.8 Å². The SMILES string of the molecule is c1ccc2c(c1)-c1ccccc1C21c2ccccc2-c2ccc(N(c3ccc4ccc(-c5cccc6ccccc56)cc4c3)c3cccc4oc5ccccc5c34)cc21. The first kappa shape index (κ1) is 32.4. The zero-order valence-corrected chi connectivity index (χ0v) is 32.1. The van der Waals surface area contributed by atoms with E-state index in [0.29, 0.717) is 0 Å². The van der Waals surface area contributed by atoms with Crippen LogP contribution in [0.15, 0.2) is 217 Å². The molecule has 11 aromatic rings. The number of benzene rings is 10. The molecule has 274 valence electrons. The third-order valence-electron chi connectivity index (χ3n) is 13.0. The molecule has 0 fully saturated rings. The van der Waals surface area contributed by atoms with Gasteiger partial charge < -0.3 is 9.32 Å². The second kappa shape index (κ2) is 12.2. The largest absolute Gasteiger partial charge is 0.456 e. The molecule has 1 aromatic heterocycles. The van der Waals surface area contributed by atoms with Crippen molar-refractivity contribution in [2.24, 2.45) is 0 Å². The fourth-order valence-corrected chi connectivity index (χ4v) is 10.6. The highest BCUT2D eigenvalue weighted by atomic mass is 16.3. The lowest BCUT2D eigenvalue weighted by Gasteiger charge is -2.32. The van der Waals surface area contributed by atoms with Crippen LogP contribution in [0.3, 0.4) is 0 Å². The van der Waals surface area contributed by atoms with Crippen LogP contribution in [-0.2, 0) is 5.41 Å². The van der Waals surface area contributed by atoms with Crippen molar-refractivity contribution >= 4 is 60.5 Å². The number of furan rings is 1. The molecule has 0 amide bonds. The minimum absolute atomic E-state index is 0.452. The Balaban J connectivity index is 1.08. The van der Waals surface area contributed by atoms with Crippen LogP contribution in [-0.4, -0.2) is 0 Å². The molecule has 0 bridgehead atoms. The summed E-state index contributed by atoms with van der Waals surface area (Å²) in [5.74, 6) is 0. The number of nitrogens with zero attached hydrogens (tertiary/aromatic N) is 1.